The highest BCUT2D eigenvalue weighted by Crippen LogP contribution is 2.47. The maximum atomic E-state index is 12.3. The molecule has 1 amide bonds. The van der Waals surface area contributed by atoms with E-state index in [9.17, 15) is 4.79 Å². The van der Waals surface area contributed by atoms with Gasteiger partial charge in [-0.2, -0.15) is 5.10 Å². The van der Waals surface area contributed by atoms with Crippen LogP contribution in [-0.2, 0) is 4.79 Å². The maximum absolute atomic E-state index is 12.3. The first-order valence-corrected chi connectivity index (χ1v) is 7.93. The Morgan fingerprint density at radius 3 is 2.91 bits per heavy atom. The lowest BCUT2D eigenvalue weighted by Crippen LogP contribution is -2.17. The number of amides is 1. The van der Waals surface area contributed by atoms with Crippen LogP contribution < -0.4 is 10.6 Å². The SMILES string of the molecule is O=C(Nc1ccn([C@@H]2CCNC2)n1)[C@@H]1C[C@H]1c1ccccc1. The zero-order chi connectivity index (χ0) is 14.9. The fourth-order valence-corrected chi connectivity index (χ4v) is 3.25. The molecule has 1 saturated carbocycles. The van der Waals surface area contributed by atoms with E-state index in [1.165, 1.54) is 5.56 Å². The summed E-state index contributed by atoms with van der Waals surface area (Å²) in [6.45, 7) is 1.99. The summed E-state index contributed by atoms with van der Waals surface area (Å²) in [7, 11) is 0. The zero-order valence-electron chi connectivity index (χ0n) is 12.4. The number of nitrogens with zero attached hydrogens (tertiary/aromatic N) is 2. The zero-order valence-corrected chi connectivity index (χ0v) is 12.4. The number of benzene rings is 1. The summed E-state index contributed by atoms with van der Waals surface area (Å²) in [5.41, 5.74) is 1.25. The topological polar surface area (TPSA) is 59.0 Å². The van der Waals surface area contributed by atoms with Crippen LogP contribution >= 0.6 is 0 Å². The van der Waals surface area contributed by atoms with Crippen LogP contribution in [0.3, 0.4) is 0 Å². The molecule has 1 aromatic carbocycles. The van der Waals surface area contributed by atoms with Gasteiger partial charge in [0.25, 0.3) is 0 Å². The van der Waals surface area contributed by atoms with Crippen molar-refractivity contribution in [2.24, 2.45) is 5.92 Å². The molecule has 2 aromatic rings. The molecule has 3 atom stereocenters. The Hall–Kier alpha value is -2.14. The average Bonchev–Trinajstić information content (AvgIpc) is 2.95. The molecule has 2 aliphatic rings. The average molecular weight is 296 g/mol. The number of carbonyl (C=O) groups excluding carboxylic acids is 1. The van der Waals surface area contributed by atoms with Crippen molar-refractivity contribution >= 4 is 11.7 Å². The largest absolute Gasteiger partial charge is 0.315 e. The van der Waals surface area contributed by atoms with E-state index in [4.69, 9.17) is 0 Å². The molecule has 1 aromatic heterocycles. The van der Waals surface area contributed by atoms with Crippen molar-refractivity contribution in [1.29, 1.82) is 0 Å². The first kappa shape index (κ1) is 13.5. The molecule has 1 aliphatic heterocycles. The third-order valence-electron chi connectivity index (χ3n) is 4.62. The van der Waals surface area contributed by atoms with Crippen LogP contribution in [0.1, 0.15) is 30.4 Å². The van der Waals surface area contributed by atoms with Gasteiger partial charge in [0.15, 0.2) is 5.82 Å². The number of rotatable bonds is 4. The Kier molecular flexibility index (Phi) is 3.42. The predicted molar refractivity (Wildman–Crippen MR) is 84.7 cm³/mol. The molecule has 5 nitrogen and oxygen atoms in total. The van der Waals surface area contributed by atoms with Crippen molar-refractivity contribution < 1.29 is 4.79 Å². The number of hydrogen-bond donors (Lipinski definition) is 2. The molecule has 2 fully saturated rings. The summed E-state index contributed by atoms with van der Waals surface area (Å²) in [6, 6.07) is 12.5. The van der Waals surface area contributed by atoms with Crippen molar-refractivity contribution in [1.82, 2.24) is 15.1 Å². The summed E-state index contributed by atoms with van der Waals surface area (Å²) in [5.74, 6) is 1.20. The van der Waals surface area contributed by atoms with Gasteiger partial charge in [-0.15, -0.1) is 0 Å². The minimum atomic E-state index is 0.0840. The Labute approximate surface area is 129 Å². The van der Waals surface area contributed by atoms with Gasteiger partial charge >= 0.3 is 0 Å². The lowest BCUT2D eigenvalue weighted by Gasteiger charge is -2.08. The predicted octanol–water partition coefficient (Wildman–Crippen LogP) is 2.16. The second-order valence-corrected chi connectivity index (χ2v) is 6.18. The molecule has 4 rings (SSSR count). The van der Waals surface area contributed by atoms with E-state index in [0.29, 0.717) is 17.8 Å². The first-order chi connectivity index (χ1) is 10.8. The highest BCUT2D eigenvalue weighted by Gasteiger charge is 2.43. The van der Waals surface area contributed by atoms with Crippen molar-refractivity contribution in [2.75, 3.05) is 18.4 Å². The summed E-state index contributed by atoms with van der Waals surface area (Å²) in [4.78, 5) is 12.3. The third kappa shape index (κ3) is 2.64. The molecule has 1 aliphatic carbocycles. The van der Waals surface area contributed by atoms with Gasteiger partial charge < -0.3 is 10.6 Å². The summed E-state index contributed by atoms with van der Waals surface area (Å²) in [6.07, 6.45) is 3.98. The van der Waals surface area contributed by atoms with Gasteiger partial charge in [0, 0.05) is 24.7 Å². The molecule has 2 heterocycles. The Morgan fingerprint density at radius 2 is 2.14 bits per heavy atom. The van der Waals surface area contributed by atoms with Gasteiger partial charge in [0.2, 0.25) is 5.91 Å². The molecule has 0 spiro atoms. The summed E-state index contributed by atoms with van der Waals surface area (Å²) < 4.78 is 1.96. The van der Waals surface area contributed by atoms with Gasteiger partial charge in [-0.25, -0.2) is 0 Å². The van der Waals surface area contributed by atoms with E-state index in [1.807, 2.05) is 35.1 Å². The van der Waals surface area contributed by atoms with Gasteiger partial charge in [0.05, 0.1) is 6.04 Å². The monoisotopic (exact) mass is 296 g/mol. The highest BCUT2D eigenvalue weighted by molar-refractivity contribution is 5.94. The minimum Gasteiger partial charge on any atom is -0.315 e. The quantitative estimate of drug-likeness (QED) is 0.909. The number of aromatic nitrogens is 2. The molecular weight excluding hydrogens is 276 g/mol. The van der Waals surface area contributed by atoms with E-state index < -0.39 is 0 Å². The second kappa shape index (κ2) is 5.57. The van der Waals surface area contributed by atoms with Gasteiger partial charge in [-0.3, -0.25) is 9.48 Å². The van der Waals surface area contributed by atoms with Crippen molar-refractivity contribution in [3.05, 3.63) is 48.2 Å². The lowest BCUT2D eigenvalue weighted by atomic mass is 10.1. The number of hydrogen-bond acceptors (Lipinski definition) is 3. The van der Waals surface area contributed by atoms with E-state index in [1.54, 1.807) is 0 Å². The van der Waals surface area contributed by atoms with E-state index in [0.717, 1.165) is 25.9 Å². The van der Waals surface area contributed by atoms with Crippen LogP contribution in [-0.4, -0.2) is 28.8 Å². The maximum Gasteiger partial charge on any atom is 0.229 e. The molecule has 1 saturated heterocycles. The van der Waals surface area contributed by atoms with Crippen LogP contribution in [0.15, 0.2) is 42.6 Å². The molecule has 0 bridgehead atoms. The molecule has 22 heavy (non-hydrogen) atoms. The van der Waals surface area contributed by atoms with Crippen LogP contribution in [0.4, 0.5) is 5.82 Å². The highest BCUT2D eigenvalue weighted by atomic mass is 16.2. The minimum absolute atomic E-state index is 0.0840. The second-order valence-electron chi connectivity index (χ2n) is 6.18. The third-order valence-corrected chi connectivity index (χ3v) is 4.62. The van der Waals surface area contributed by atoms with E-state index in [-0.39, 0.29) is 11.8 Å². The fraction of sp³-hybridized carbons (Fsp3) is 0.412. The smallest absolute Gasteiger partial charge is 0.229 e. The van der Waals surface area contributed by atoms with Crippen molar-refractivity contribution in [3.8, 4) is 0 Å². The molecule has 5 heteroatoms. The van der Waals surface area contributed by atoms with Gasteiger partial charge in [-0.05, 0) is 30.9 Å². The number of anilines is 1. The molecular formula is C17H20N4O. The molecule has 2 N–H and O–H groups in total. The van der Waals surface area contributed by atoms with Crippen LogP contribution in [0, 0.1) is 5.92 Å². The summed E-state index contributed by atoms with van der Waals surface area (Å²) in [5, 5.41) is 10.8. The Morgan fingerprint density at radius 1 is 1.27 bits per heavy atom. The lowest BCUT2D eigenvalue weighted by molar-refractivity contribution is -0.117. The van der Waals surface area contributed by atoms with Crippen molar-refractivity contribution in [2.45, 2.75) is 24.8 Å². The number of carbonyl (C=O) groups is 1. The van der Waals surface area contributed by atoms with E-state index >= 15 is 0 Å². The standard InChI is InChI=1S/C17H20N4O/c22-17(15-10-14(15)12-4-2-1-3-5-12)19-16-7-9-21(20-16)13-6-8-18-11-13/h1-5,7,9,13-15,18H,6,8,10-11H2,(H,19,20,22)/t13-,14+,15-/m1/s1. The van der Waals surface area contributed by atoms with Gasteiger partial charge in [0.1, 0.15) is 0 Å². The number of nitrogens with one attached hydrogen (secondary N) is 2. The molecule has 0 radical (unpaired) electrons. The Bertz CT molecular complexity index is 660. The molecule has 0 unspecified atom stereocenters. The normalized spacial score (nSPS) is 26.8. The Balaban J connectivity index is 1.37. The molecule has 114 valence electrons. The fourth-order valence-electron chi connectivity index (χ4n) is 3.25. The van der Waals surface area contributed by atoms with Gasteiger partial charge in [-0.1, -0.05) is 30.3 Å². The van der Waals surface area contributed by atoms with Crippen LogP contribution in [0.25, 0.3) is 0 Å². The summed E-state index contributed by atoms with van der Waals surface area (Å²) >= 11 is 0. The van der Waals surface area contributed by atoms with E-state index in [2.05, 4.69) is 27.9 Å². The van der Waals surface area contributed by atoms with Crippen LogP contribution in [0.2, 0.25) is 0 Å². The van der Waals surface area contributed by atoms with Crippen molar-refractivity contribution in [3.63, 3.8) is 0 Å². The van der Waals surface area contributed by atoms with Crippen LogP contribution in [0.5, 0.6) is 0 Å². The first-order valence-electron chi connectivity index (χ1n) is 7.93.